The minimum absolute atomic E-state index is 0.0290. The number of rotatable bonds is 10. The Morgan fingerprint density at radius 1 is 1.34 bits per heavy atom. The molecule has 1 fully saturated rings. The Labute approximate surface area is 187 Å². The second-order valence-corrected chi connectivity index (χ2v) is 8.76. The van der Waals surface area contributed by atoms with Gasteiger partial charge in [-0.2, -0.15) is 5.26 Å². The van der Waals surface area contributed by atoms with Crippen LogP contribution >= 0.6 is 0 Å². The highest BCUT2D eigenvalue weighted by Crippen LogP contribution is 2.27. The first-order valence-electron chi connectivity index (χ1n) is 11.0. The average molecular weight is 439 g/mol. The molecule has 1 aliphatic rings. The highest BCUT2D eigenvalue weighted by Gasteiger charge is 2.30. The standard InChI is InChI=1S/C24H30N4O4/c1-14(2)9-16(24(31)27-17(13-25)10-15-7-8-26-23(15)30)11-21(29)20-12-18-19(28-20)5-4-6-22(18)32-3/h4-6,12,14-17,28H,7-11H2,1-3H3,(H,26,30)(H,27,31)/t15?,16-,17+/m1/s1. The third kappa shape index (κ3) is 5.47. The van der Waals surface area contributed by atoms with E-state index in [1.54, 1.807) is 13.2 Å². The van der Waals surface area contributed by atoms with Crippen molar-refractivity contribution in [3.63, 3.8) is 0 Å². The quantitative estimate of drug-likeness (QED) is 0.492. The van der Waals surface area contributed by atoms with Crippen LogP contribution in [0.2, 0.25) is 0 Å². The summed E-state index contributed by atoms with van der Waals surface area (Å²) < 4.78 is 5.36. The van der Waals surface area contributed by atoms with Gasteiger partial charge in [-0.15, -0.1) is 0 Å². The number of ketones is 1. The van der Waals surface area contributed by atoms with Crippen LogP contribution in [-0.2, 0) is 9.59 Å². The van der Waals surface area contributed by atoms with Gasteiger partial charge in [-0.25, -0.2) is 0 Å². The van der Waals surface area contributed by atoms with Crippen molar-refractivity contribution in [2.24, 2.45) is 17.8 Å². The lowest BCUT2D eigenvalue weighted by Gasteiger charge is -2.21. The van der Waals surface area contributed by atoms with Crippen molar-refractivity contribution in [3.05, 3.63) is 30.0 Å². The lowest BCUT2D eigenvalue weighted by Crippen LogP contribution is -2.41. The maximum atomic E-state index is 13.0. The zero-order chi connectivity index (χ0) is 23.3. The molecule has 3 rings (SSSR count). The lowest BCUT2D eigenvalue weighted by atomic mass is 9.90. The van der Waals surface area contributed by atoms with E-state index < -0.39 is 12.0 Å². The van der Waals surface area contributed by atoms with Crippen LogP contribution in [0.4, 0.5) is 0 Å². The zero-order valence-corrected chi connectivity index (χ0v) is 18.7. The Hall–Kier alpha value is -3.34. The van der Waals surface area contributed by atoms with E-state index in [2.05, 4.69) is 21.7 Å². The number of carbonyl (C=O) groups excluding carboxylic acids is 3. The smallest absolute Gasteiger partial charge is 0.224 e. The molecule has 1 saturated heterocycles. The molecule has 0 radical (unpaired) electrons. The molecule has 8 nitrogen and oxygen atoms in total. The number of benzene rings is 1. The van der Waals surface area contributed by atoms with E-state index >= 15 is 0 Å². The summed E-state index contributed by atoms with van der Waals surface area (Å²) in [6.07, 6.45) is 1.48. The highest BCUT2D eigenvalue weighted by molar-refractivity contribution is 6.02. The predicted octanol–water partition coefficient (Wildman–Crippen LogP) is 2.95. The van der Waals surface area contributed by atoms with Gasteiger partial charge in [0.2, 0.25) is 11.8 Å². The van der Waals surface area contributed by atoms with Gasteiger partial charge in [0.1, 0.15) is 11.8 Å². The first kappa shape index (κ1) is 23.3. The molecule has 2 heterocycles. The Kier molecular flexibility index (Phi) is 7.52. The third-order valence-electron chi connectivity index (χ3n) is 5.86. The number of Topliss-reactive ketones (excluding diaryl/α,β-unsaturated/α-hetero) is 1. The molecule has 0 aliphatic carbocycles. The van der Waals surface area contributed by atoms with Crippen LogP contribution in [0.5, 0.6) is 5.75 Å². The van der Waals surface area contributed by atoms with Crippen molar-refractivity contribution >= 4 is 28.5 Å². The number of ether oxygens (including phenoxy) is 1. The number of nitrogens with zero attached hydrogens (tertiary/aromatic N) is 1. The monoisotopic (exact) mass is 438 g/mol. The zero-order valence-electron chi connectivity index (χ0n) is 18.7. The van der Waals surface area contributed by atoms with Gasteiger partial charge in [0.25, 0.3) is 0 Å². The minimum Gasteiger partial charge on any atom is -0.496 e. The fourth-order valence-electron chi connectivity index (χ4n) is 4.23. The van der Waals surface area contributed by atoms with Crippen LogP contribution in [-0.4, -0.2) is 42.3 Å². The fourth-order valence-corrected chi connectivity index (χ4v) is 4.23. The number of H-pyrrole nitrogens is 1. The molecule has 1 aliphatic heterocycles. The SMILES string of the molecule is COc1cccc2[nH]c(C(=O)C[C@@H](CC(C)C)C(=O)N[C@H](C#N)CC3CCNC3=O)cc12. The van der Waals surface area contributed by atoms with Gasteiger partial charge in [-0.3, -0.25) is 14.4 Å². The van der Waals surface area contributed by atoms with E-state index in [0.717, 1.165) is 10.9 Å². The van der Waals surface area contributed by atoms with Crippen LogP contribution < -0.4 is 15.4 Å². The molecule has 8 heteroatoms. The number of amides is 2. The van der Waals surface area contributed by atoms with Crippen LogP contribution in [0.15, 0.2) is 24.3 Å². The van der Waals surface area contributed by atoms with Gasteiger partial charge in [-0.05, 0) is 43.4 Å². The molecule has 2 aromatic rings. The summed E-state index contributed by atoms with van der Waals surface area (Å²) in [4.78, 5) is 41.0. The van der Waals surface area contributed by atoms with E-state index in [9.17, 15) is 19.6 Å². The van der Waals surface area contributed by atoms with E-state index in [0.29, 0.717) is 30.8 Å². The van der Waals surface area contributed by atoms with Gasteiger partial charge >= 0.3 is 0 Å². The molecular formula is C24H30N4O4. The molecule has 1 aromatic carbocycles. The predicted molar refractivity (Wildman–Crippen MR) is 120 cm³/mol. The number of aromatic amines is 1. The Morgan fingerprint density at radius 3 is 2.75 bits per heavy atom. The number of aromatic nitrogens is 1. The molecule has 1 unspecified atom stereocenters. The normalized spacial score (nSPS) is 17.6. The Balaban J connectivity index is 1.71. The molecule has 2 amide bonds. The largest absolute Gasteiger partial charge is 0.496 e. The number of carbonyl (C=O) groups is 3. The second-order valence-electron chi connectivity index (χ2n) is 8.76. The van der Waals surface area contributed by atoms with E-state index in [1.165, 1.54) is 0 Å². The number of methoxy groups -OCH3 is 1. The maximum absolute atomic E-state index is 13.0. The summed E-state index contributed by atoms with van der Waals surface area (Å²) in [7, 11) is 1.58. The topological polar surface area (TPSA) is 124 Å². The van der Waals surface area contributed by atoms with Gasteiger partial charge in [0, 0.05) is 35.7 Å². The molecule has 0 bridgehead atoms. The average Bonchev–Trinajstić information content (AvgIpc) is 3.38. The Bertz CT molecular complexity index is 1040. The summed E-state index contributed by atoms with van der Waals surface area (Å²) in [5.41, 5.74) is 1.21. The highest BCUT2D eigenvalue weighted by atomic mass is 16.5. The maximum Gasteiger partial charge on any atom is 0.224 e. The van der Waals surface area contributed by atoms with Crippen LogP contribution in [0, 0.1) is 29.1 Å². The lowest BCUT2D eigenvalue weighted by molar-refractivity contribution is -0.127. The Morgan fingerprint density at radius 2 is 2.12 bits per heavy atom. The molecule has 3 N–H and O–H groups in total. The molecule has 3 atom stereocenters. The first-order chi connectivity index (χ1) is 15.3. The van der Waals surface area contributed by atoms with Crippen molar-refractivity contribution in [2.45, 2.75) is 45.6 Å². The summed E-state index contributed by atoms with van der Waals surface area (Å²) >= 11 is 0. The van der Waals surface area contributed by atoms with Crippen LogP contribution in [0.1, 0.15) is 50.0 Å². The summed E-state index contributed by atoms with van der Waals surface area (Å²) in [6.45, 7) is 4.57. The van der Waals surface area contributed by atoms with E-state index in [-0.39, 0.29) is 42.3 Å². The number of hydrogen-bond donors (Lipinski definition) is 3. The number of nitriles is 1. The minimum atomic E-state index is -0.765. The fraction of sp³-hybridized carbons (Fsp3) is 0.500. The van der Waals surface area contributed by atoms with E-state index in [4.69, 9.17) is 4.74 Å². The van der Waals surface area contributed by atoms with Crippen molar-refractivity contribution in [1.82, 2.24) is 15.6 Å². The first-order valence-corrected chi connectivity index (χ1v) is 11.0. The second kappa shape index (κ2) is 10.3. The van der Waals surface area contributed by atoms with Crippen LogP contribution in [0.3, 0.4) is 0 Å². The number of hydrogen-bond acceptors (Lipinski definition) is 5. The van der Waals surface area contributed by atoms with Gasteiger partial charge in [0.05, 0.1) is 18.9 Å². The van der Waals surface area contributed by atoms with Gasteiger partial charge in [-0.1, -0.05) is 19.9 Å². The summed E-state index contributed by atoms with van der Waals surface area (Å²) in [5.74, 6) is -0.554. The van der Waals surface area contributed by atoms with Crippen molar-refractivity contribution in [2.75, 3.05) is 13.7 Å². The number of nitrogens with one attached hydrogen (secondary N) is 3. The van der Waals surface area contributed by atoms with Crippen LogP contribution in [0.25, 0.3) is 10.9 Å². The van der Waals surface area contributed by atoms with Crippen molar-refractivity contribution in [3.8, 4) is 11.8 Å². The van der Waals surface area contributed by atoms with Crippen molar-refractivity contribution < 1.29 is 19.1 Å². The summed E-state index contributed by atoms with van der Waals surface area (Å²) in [6, 6.07) is 8.60. The molecule has 32 heavy (non-hydrogen) atoms. The third-order valence-corrected chi connectivity index (χ3v) is 5.86. The van der Waals surface area contributed by atoms with Gasteiger partial charge in [0.15, 0.2) is 5.78 Å². The molecule has 1 aromatic heterocycles. The number of fused-ring (bicyclic) bond motifs is 1. The molecular weight excluding hydrogens is 408 g/mol. The molecule has 0 saturated carbocycles. The van der Waals surface area contributed by atoms with Gasteiger partial charge < -0.3 is 20.4 Å². The molecule has 0 spiro atoms. The summed E-state index contributed by atoms with van der Waals surface area (Å²) in [5, 5.41) is 15.8. The molecule has 170 valence electrons. The van der Waals surface area contributed by atoms with Crippen molar-refractivity contribution in [1.29, 1.82) is 5.26 Å². The van der Waals surface area contributed by atoms with E-state index in [1.807, 2.05) is 32.0 Å².